The van der Waals surface area contributed by atoms with Crippen molar-refractivity contribution in [1.82, 2.24) is 19.9 Å². The molecule has 0 bridgehead atoms. The van der Waals surface area contributed by atoms with Gasteiger partial charge in [0.1, 0.15) is 0 Å². The normalized spacial score (nSPS) is 18.1. The molecule has 1 saturated heterocycles. The van der Waals surface area contributed by atoms with Crippen molar-refractivity contribution >= 4 is 38.9 Å². The van der Waals surface area contributed by atoms with Gasteiger partial charge in [-0.3, -0.25) is 9.97 Å². The summed E-state index contributed by atoms with van der Waals surface area (Å²) in [6, 6.07) is 20.5. The summed E-state index contributed by atoms with van der Waals surface area (Å²) >= 11 is 9.39. The number of rotatable bonds is 4. The molecule has 160 valence electrons. The Balaban J connectivity index is 1.68. The number of nitrogens with zero attached hydrogens (tertiary/aromatic N) is 4. The first kappa shape index (κ1) is 20.8. The summed E-state index contributed by atoms with van der Waals surface area (Å²) in [5.41, 5.74) is 6.57. The predicted octanol–water partition coefficient (Wildman–Crippen LogP) is 5.82. The van der Waals surface area contributed by atoms with Crippen molar-refractivity contribution in [3.8, 4) is 5.69 Å². The molecule has 0 saturated carbocycles. The molecule has 0 spiro atoms. The molecule has 2 atom stereocenters. The Labute approximate surface area is 201 Å². The van der Waals surface area contributed by atoms with E-state index in [-0.39, 0.29) is 12.1 Å². The fourth-order valence-electron chi connectivity index (χ4n) is 4.52. The lowest BCUT2D eigenvalue weighted by Crippen LogP contribution is -2.29. The molecular formula is C25H22BrN5S. The molecule has 1 fully saturated rings. The zero-order valence-corrected chi connectivity index (χ0v) is 20.1. The number of anilines is 1. The van der Waals surface area contributed by atoms with Gasteiger partial charge in [-0.25, -0.2) is 0 Å². The Kier molecular flexibility index (Phi) is 5.53. The van der Waals surface area contributed by atoms with Crippen LogP contribution >= 0.6 is 28.1 Å². The molecule has 1 N–H and O–H groups in total. The molecule has 0 unspecified atom stereocenters. The van der Waals surface area contributed by atoms with E-state index in [1.807, 2.05) is 42.7 Å². The van der Waals surface area contributed by atoms with Crippen molar-refractivity contribution in [2.45, 2.75) is 25.9 Å². The van der Waals surface area contributed by atoms with Crippen molar-refractivity contribution in [2.75, 3.05) is 4.90 Å². The Morgan fingerprint density at radius 3 is 2.47 bits per heavy atom. The molecule has 1 aliphatic heterocycles. The second kappa shape index (κ2) is 8.48. The zero-order valence-electron chi connectivity index (χ0n) is 17.7. The van der Waals surface area contributed by atoms with E-state index in [1.54, 1.807) is 6.20 Å². The molecule has 1 aromatic carbocycles. The lowest BCUT2D eigenvalue weighted by atomic mass is 9.96. The number of pyridine rings is 2. The number of benzene rings is 1. The van der Waals surface area contributed by atoms with Gasteiger partial charge in [-0.15, -0.1) is 0 Å². The summed E-state index contributed by atoms with van der Waals surface area (Å²) < 4.78 is 3.28. The highest BCUT2D eigenvalue weighted by molar-refractivity contribution is 9.10. The monoisotopic (exact) mass is 503 g/mol. The van der Waals surface area contributed by atoms with Gasteiger partial charge in [0.2, 0.25) is 0 Å². The lowest BCUT2D eigenvalue weighted by molar-refractivity contribution is 0.565. The van der Waals surface area contributed by atoms with E-state index in [9.17, 15) is 0 Å². The molecule has 3 aromatic heterocycles. The summed E-state index contributed by atoms with van der Waals surface area (Å²) in [6.07, 6.45) is 5.52. The first-order valence-corrected chi connectivity index (χ1v) is 11.6. The largest absolute Gasteiger partial charge is 0.351 e. The Morgan fingerprint density at radius 2 is 1.78 bits per heavy atom. The van der Waals surface area contributed by atoms with Crippen LogP contribution in [0.4, 0.5) is 5.69 Å². The highest BCUT2D eigenvalue weighted by Gasteiger charge is 2.42. The molecule has 0 amide bonds. The second-order valence-corrected chi connectivity index (χ2v) is 9.15. The maximum atomic E-state index is 5.84. The Bertz CT molecular complexity index is 1260. The topological polar surface area (TPSA) is 46.0 Å². The van der Waals surface area contributed by atoms with Crippen LogP contribution in [-0.4, -0.2) is 19.6 Å². The van der Waals surface area contributed by atoms with Crippen molar-refractivity contribution in [3.05, 3.63) is 106 Å². The summed E-state index contributed by atoms with van der Waals surface area (Å²) in [5, 5.41) is 4.23. The maximum Gasteiger partial charge on any atom is 0.174 e. The van der Waals surface area contributed by atoms with Crippen LogP contribution in [-0.2, 0) is 0 Å². The van der Waals surface area contributed by atoms with Gasteiger partial charge >= 0.3 is 0 Å². The average molecular weight is 504 g/mol. The molecule has 0 radical (unpaired) electrons. The predicted molar refractivity (Wildman–Crippen MR) is 135 cm³/mol. The highest BCUT2D eigenvalue weighted by Crippen LogP contribution is 2.43. The van der Waals surface area contributed by atoms with Gasteiger partial charge < -0.3 is 14.8 Å². The summed E-state index contributed by atoms with van der Waals surface area (Å²) in [4.78, 5) is 11.2. The molecule has 5 rings (SSSR count). The summed E-state index contributed by atoms with van der Waals surface area (Å²) in [5.74, 6) is 0. The van der Waals surface area contributed by atoms with Crippen LogP contribution < -0.4 is 10.2 Å². The molecule has 4 aromatic rings. The van der Waals surface area contributed by atoms with Gasteiger partial charge in [-0.1, -0.05) is 22.0 Å². The van der Waals surface area contributed by atoms with Gasteiger partial charge in [-0.05, 0) is 86.2 Å². The lowest BCUT2D eigenvalue weighted by Gasteiger charge is -2.28. The van der Waals surface area contributed by atoms with Crippen molar-refractivity contribution in [2.24, 2.45) is 0 Å². The van der Waals surface area contributed by atoms with E-state index in [0.29, 0.717) is 5.11 Å². The standard InChI is InChI=1S/C25H22BrN5S/c1-16-14-21(17(2)30(16)20-6-5-12-27-15-20)24-23(22-7-3-4-13-28-22)29-25(32)31(24)19-10-8-18(26)9-11-19/h3-15,23-24H,1-2H3,(H,29,32)/t23-,24+/m1/s1. The third kappa shape index (κ3) is 3.61. The molecule has 1 aliphatic rings. The van der Waals surface area contributed by atoms with Crippen molar-refractivity contribution < 1.29 is 0 Å². The van der Waals surface area contributed by atoms with Crippen LogP contribution in [0.25, 0.3) is 5.69 Å². The van der Waals surface area contributed by atoms with Gasteiger partial charge in [0.25, 0.3) is 0 Å². The molecule has 0 aliphatic carbocycles. The van der Waals surface area contributed by atoms with Crippen molar-refractivity contribution in [3.63, 3.8) is 0 Å². The molecule has 7 heteroatoms. The molecule has 5 nitrogen and oxygen atoms in total. The van der Waals surface area contributed by atoms with E-state index in [2.05, 4.69) is 84.9 Å². The van der Waals surface area contributed by atoms with Gasteiger partial charge in [0.15, 0.2) is 5.11 Å². The number of hydrogen-bond donors (Lipinski definition) is 1. The molecule has 32 heavy (non-hydrogen) atoms. The van der Waals surface area contributed by atoms with Crippen LogP contribution in [0.2, 0.25) is 0 Å². The van der Waals surface area contributed by atoms with E-state index in [0.717, 1.165) is 32.9 Å². The van der Waals surface area contributed by atoms with E-state index < -0.39 is 0 Å². The van der Waals surface area contributed by atoms with E-state index >= 15 is 0 Å². The van der Waals surface area contributed by atoms with Crippen LogP contribution in [0.5, 0.6) is 0 Å². The van der Waals surface area contributed by atoms with Gasteiger partial charge in [-0.2, -0.15) is 0 Å². The number of aryl methyl sites for hydroxylation is 1. The minimum atomic E-state index is -0.0739. The minimum Gasteiger partial charge on any atom is -0.351 e. The number of hydrogen-bond acceptors (Lipinski definition) is 3. The smallest absolute Gasteiger partial charge is 0.174 e. The second-order valence-electron chi connectivity index (χ2n) is 7.85. The van der Waals surface area contributed by atoms with Gasteiger partial charge in [0, 0.05) is 33.9 Å². The Morgan fingerprint density at radius 1 is 0.969 bits per heavy atom. The third-order valence-electron chi connectivity index (χ3n) is 5.90. The first-order valence-electron chi connectivity index (χ1n) is 10.4. The van der Waals surface area contributed by atoms with Crippen LogP contribution in [0, 0.1) is 13.8 Å². The minimum absolute atomic E-state index is 0.0461. The number of thiocarbonyl (C=S) groups is 1. The zero-order chi connectivity index (χ0) is 22.2. The third-order valence-corrected chi connectivity index (χ3v) is 6.74. The maximum absolute atomic E-state index is 5.84. The highest BCUT2D eigenvalue weighted by atomic mass is 79.9. The number of aromatic nitrogens is 3. The number of halogens is 1. The first-order chi connectivity index (χ1) is 15.5. The SMILES string of the molecule is Cc1cc([C@H]2[C@@H](c3ccccn3)NC(=S)N2c2ccc(Br)cc2)c(C)n1-c1cccnc1. The average Bonchev–Trinajstić information content (AvgIpc) is 3.31. The summed E-state index contributed by atoms with van der Waals surface area (Å²) in [6.45, 7) is 4.29. The van der Waals surface area contributed by atoms with Crippen LogP contribution in [0.1, 0.15) is 34.7 Å². The van der Waals surface area contributed by atoms with Gasteiger partial charge in [0.05, 0.1) is 29.7 Å². The van der Waals surface area contributed by atoms with Crippen LogP contribution in [0.3, 0.4) is 0 Å². The summed E-state index contributed by atoms with van der Waals surface area (Å²) in [7, 11) is 0. The number of nitrogens with one attached hydrogen (secondary N) is 1. The quantitative estimate of drug-likeness (QED) is 0.355. The fourth-order valence-corrected chi connectivity index (χ4v) is 5.13. The van der Waals surface area contributed by atoms with Crippen LogP contribution in [0.15, 0.2) is 83.7 Å². The molecular weight excluding hydrogens is 482 g/mol. The van der Waals surface area contributed by atoms with Crippen molar-refractivity contribution in [1.29, 1.82) is 0 Å². The van der Waals surface area contributed by atoms with E-state index in [1.165, 1.54) is 5.56 Å². The van der Waals surface area contributed by atoms with E-state index in [4.69, 9.17) is 12.2 Å². The Hall–Kier alpha value is -3.03. The fraction of sp³-hybridized carbons (Fsp3) is 0.160. The molecule has 4 heterocycles.